The molecule has 0 radical (unpaired) electrons. The maximum absolute atomic E-state index is 12.5. The minimum Gasteiger partial charge on any atom is -0.329 e. The molecule has 1 aliphatic heterocycles. The Morgan fingerprint density at radius 2 is 2.14 bits per heavy atom. The Kier molecular flexibility index (Phi) is 3.98. The van der Waals surface area contributed by atoms with Crippen LogP contribution in [0.15, 0.2) is 29.1 Å². The van der Waals surface area contributed by atoms with Gasteiger partial charge in [-0.3, -0.25) is 9.69 Å². The average molecular weight is 287 g/mol. The zero-order valence-corrected chi connectivity index (χ0v) is 12.3. The number of nitrogens with two attached hydrogens (primary N) is 1. The van der Waals surface area contributed by atoms with Gasteiger partial charge in [0.05, 0.1) is 12.1 Å². The van der Waals surface area contributed by atoms with Crippen LogP contribution in [0.25, 0.3) is 10.9 Å². The van der Waals surface area contributed by atoms with Crippen molar-refractivity contribution in [3.8, 4) is 0 Å². The highest BCUT2D eigenvalue weighted by molar-refractivity contribution is 5.76. The summed E-state index contributed by atoms with van der Waals surface area (Å²) in [5, 5.41) is 8.83. The van der Waals surface area contributed by atoms with Crippen LogP contribution >= 0.6 is 0 Å². The van der Waals surface area contributed by atoms with Crippen LogP contribution in [-0.4, -0.2) is 38.5 Å². The molecule has 0 spiro atoms. The van der Waals surface area contributed by atoms with Crippen LogP contribution in [0.2, 0.25) is 0 Å². The van der Waals surface area contributed by atoms with E-state index in [1.807, 2.05) is 12.1 Å². The van der Waals surface area contributed by atoms with Crippen LogP contribution in [0.5, 0.6) is 0 Å². The van der Waals surface area contributed by atoms with Gasteiger partial charge in [0.25, 0.3) is 5.56 Å². The number of hydrogen-bond acceptors (Lipinski definition) is 5. The van der Waals surface area contributed by atoms with Crippen LogP contribution in [0, 0.1) is 0 Å². The second kappa shape index (κ2) is 5.91. The minimum atomic E-state index is -0.0888. The number of benzene rings is 1. The van der Waals surface area contributed by atoms with E-state index in [1.54, 1.807) is 12.1 Å². The molecule has 6 heteroatoms. The smallest absolute Gasteiger partial charge is 0.278 e. The van der Waals surface area contributed by atoms with Crippen LogP contribution in [0.3, 0.4) is 0 Å². The monoisotopic (exact) mass is 287 g/mol. The first-order chi connectivity index (χ1) is 10.2. The SMILES string of the molecule is CC1CCCC(CN)N1Cn1nnc2ccccc2c1=O. The van der Waals surface area contributed by atoms with Crippen molar-refractivity contribution in [1.82, 2.24) is 19.9 Å². The summed E-state index contributed by atoms with van der Waals surface area (Å²) in [5.74, 6) is 0. The lowest BCUT2D eigenvalue weighted by molar-refractivity contribution is 0.0561. The predicted molar refractivity (Wildman–Crippen MR) is 81.8 cm³/mol. The van der Waals surface area contributed by atoms with E-state index in [4.69, 9.17) is 5.73 Å². The molecule has 0 amide bonds. The summed E-state index contributed by atoms with van der Waals surface area (Å²) >= 11 is 0. The van der Waals surface area contributed by atoms with Gasteiger partial charge in [-0.15, -0.1) is 5.10 Å². The van der Waals surface area contributed by atoms with E-state index in [0.717, 1.165) is 12.8 Å². The van der Waals surface area contributed by atoms with Crippen LogP contribution in [0.4, 0.5) is 0 Å². The van der Waals surface area contributed by atoms with Gasteiger partial charge in [-0.25, -0.2) is 0 Å². The highest BCUT2D eigenvalue weighted by atomic mass is 16.1. The Morgan fingerprint density at radius 1 is 1.33 bits per heavy atom. The summed E-state index contributed by atoms with van der Waals surface area (Å²) in [4.78, 5) is 14.8. The lowest BCUT2D eigenvalue weighted by atomic mass is 9.97. The molecule has 1 fully saturated rings. The molecule has 6 nitrogen and oxygen atoms in total. The summed E-state index contributed by atoms with van der Waals surface area (Å²) < 4.78 is 1.45. The van der Waals surface area contributed by atoms with Gasteiger partial charge in [0.2, 0.25) is 0 Å². The first-order valence-corrected chi connectivity index (χ1v) is 7.49. The van der Waals surface area contributed by atoms with E-state index in [9.17, 15) is 4.79 Å². The number of hydrogen-bond donors (Lipinski definition) is 1. The van der Waals surface area contributed by atoms with E-state index < -0.39 is 0 Å². The van der Waals surface area contributed by atoms with Crippen molar-refractivity contribution in [2.24, 2.45) is 5.73 Å². The van der Waals surface area contributed by atoms with Crippen molar-refractivity contribution < 1.29 is 0 Å². The predicted octanol–water partition coefficient (Wildman–Crippen LogP) is 0.951. The molecule has 2 N–H and O–H groups in total. The fourth-order valence-electron chi connectivity index (χ4n) is 3.12. The summed E-state index contributed by atoms with van der Waals surface area (Å²) in [5.41, 5.74) is 6.42. The summed E-state index contributed by atoms with van der Waals surface area (Å²) in [6.45, 7) is 3.25. The zero-order valence-electron chi connectivity index (χ0n) is 12.3. The standard InChI is InChI=1S/C15H21N5O/c1-11-5-4-6-12(9-16)19(11)10-20-15(21)13-7-2-3-8-14(13)17-18-20/h2-3,7-8,11-12H,4-6,9-10,16H2,1H3. The van der Waals surface area contributed by atoms with Crippen molar-refractivity contribution in [2.75, 3.05) is 6.54 Å². The largest absolute Gasteiger partial charge is 0.329 e. The summed E-state index contributed by atoms with van der Waals surface area (Å²) in [7, 11) is 0. The van der Waals surface area contributed by atoms with Gasteiger partial charge < -0.3 is 5.73 Å². The molecular formula is C15H21N5O. The van der Waals surface area contributed by atoms with Crippen molar-refractivity contribution in [1.29, 1.82) is 0 Å². The summed E-state index contributed by atoms with van der Waals surface area (Å²) in [6, 6.07) is 8.03. The highest BCUT2D eigenvalue weighted by Crippen LogP contribution is 2.22. The third-order valence-electron chi connectivity index (χ3n) is 4.39. The molecule has 2 heterocycles. The van der Waals surface area contributed by atoms with Gasteiger partial charge >= 0.3 is 0 Å². The van der Waals surface area contributed by atoms with Crippen LogP contribution in [-0.2, 0) is 6.67 Å². The van der Waals surface area contributed by atoms with Gasteiger partial charge in [-0.1, -0.05) is 23.8 Å². The minimum absolute atomic E-state index is 0.0888. The highest BCUT2D eigenvalue weighted by Gasteiger charge is 2.27. The second-order valence-corrected chi connectivity index (χ2v) is 5.74. The molecule has 0 saturated carbocycles. The topological polar surface area (TPSA) is 77.0 Å². The second-order valence-electron chi connectivity index (χ2n) is 5.74. The molecule has 1 aliphatic rings. The molecule has 2 atom stereocenters. The third-order valence-corrected chi connectivity index (χ3v) is 4.39. The molecule has 112 valence electrons. The average Bonchev–Trinajstić information content (AvgIpc) is 2.52. The molecule has 2 aromatic rings. The van der Waals surface area contributed by atoms with Gasteiger partial charge in [0.1, 0.15) is 5.52 Å². The number of aromatic nitrogens is 3. The van der Waals surface area contributed by atoms with Gasteiger partial charge in [-0.05, 0) is 31.9 Å². The molecule has 1 aromatic carbocycles. The van der Waals surface area contributed by atoms with Gasteiger partial charge in [-0.2, -0.15) is 4.68 Å². The molecule has 1 aromatic heterocycles. The lowest BCUT2D eigenvalue weighted by Crippen LogP contribution is -2.50. The van der Waals surface area contributed by atoms with Gasteiger partial charge in [0, 0.05) is 18.6 Å². The quantitative estimate of drug-likeness (QED) is 0.909. The number of piperidine rings is 1. The first kappa shape index (κ1) is 14.2. The Bertz CT molecular complexity index is 683. The maximum Gasteiger partial charge on any atom is 0.278 e. The van der Waals surface area contributed by atoms with Crippen molar-refractivity contribution in [2.45, 2.75) is 44.9 Å². The molecule has 1 saturated heterocycles. The summed E-state index contributed by atoms with van der Waals surface area (Å²) in [6.07, 6.45) is 3.40. The number of likely N-dealkylation sites (tertiary alicyclic amines) is 1. The van der Waals surface area contributed by atoms with Crippen molar-refractivity contribution in [3.05, 3.63) is 34.6 Å². The van der Waals surface area contributed by atoms with Crippen LogP contribution < -0.4 is 11.3 Å². The number of rotatable bonds is 3. The first-order valence-electron chi connectivity index (χ1n) is 7.49. The van der Waals surface area contributed by atoms with Crippen molar-refractivity contribution in [3.63, 3.8) is 0 Å². The Labute approximate surface area is 123 Å². The molecule has 0 bridgehead atoms. The van der Waals surface area contributed by atoms with E-state index in [2.05, 4.69) is 22.1 Å². The zero-order chi connectivity index (χ0) is 14.8. The lowest BCUT2D eigenvalue weighted by Gasteiger charge is -2.39. The van der Waals surface area contributed by atoms with Crippen LogP contribution in [0.1, 0.15) is 26.2 Å². The molecule has 0 aliphatic carbocycles. The maximum atomic E-state index is 12.5. The number of nitrogens with zero attached hydrogens (tertiary/aromatic N) is 4. The normalized spacial score (nSPS) is 23.5. The fourth-order valence-corrected chi connectivity index (χ4v) is 3.12. The Hall–Kier alpha value is -1.79. The molecule has 2 unspecified atom stereocenters. The Balaban J connectivity index is 1.93. The van der Waals surface area contributed by atoms with Gasteiger partial charge in [0.15, 0.2) is 0 Å². The third kappa shape index (κ3) is 2.69. The number of fused-ring (bicyclic) bond motifs is 1. The fraction of sp³-hybridized carbons (Fsp3) is 0.533. The molecular weight excluding hydrogens is 266 g/mol. The van der Waals surface area contributed by atoms with E-state index >= 15 is 0 Å². The molecule has 21 heavy (non-hydrogen) atoms. The van der Waals surface area contributed by atoms with E-state index in [1.165, 1.54) is 11.1 Å². The Morgan fingerprint density at radius 3 is 2.95 bits per heavy atom. The van der Waals surface area contributed by atoms with E-state index in [-0.39, 0.29) is 5.56 Å². The van der Waals surface area contributed by atoms with E-state index in [0.29, 0.717) is 36.2 Å². The molecule has 3 rings (SSSR count). The van der Waals surface area contributed by atoms with Crippen molar-refractivity contribution >= 4 is 10.9 Å².